The quantitative estimate of drug-likeness (QED) is 0.703. The van der Waals surface area contributed by atoms with Crippen molar-refractivity contribution in [3.05, 3.63) is 70.8 Å². The first kappa shape index (κ1) is 15.0. The van der Waals surface area contributed by atoms with Gasteiger partial charge in [-0.2, -0.15) is 0 Å². The Bertz CT molecular complexity index is 671. The lowest BCUT2D eigenvalue weighted by Gasteiger charge is -2.19. The van der Waals surface area contributed by atoms with E-state index >= 15 is 0 Å². The third-order valence-electron chi connectivity index (χ3n) is 4.67. The Morgan fingerprint density at radius 3 is 2.09 bits per heavy atom. The molecular formula is C21H24O. The summed E-state index contributed by atoms with van der Waals surface area (Å²) in [6.07, 6.45) is 0.988. The summed E-state index contributed by atoms with van der Waals surface area (Å²) in [7, 11) is 0. The minimum Gasteiger partial charge on any atom is -0.294 e. The Morgan fingerprint density at radius 1 is 0.955 bits per heavy atom. The summed E-state index contributed by atoms with van der Waals surface area (Å²) in [5, 5.41) is 0. The summed E-state index contributed by atoms with van der Waals surface area (Å²) in [4.78, 5) is 12.5. The van der Waals surface area contributed by atoms with Gasteiger partial charge in [-0.1, -0.05) is 74.9 Å². The molecule has 22 heavy (non-hydrogen) atoms. The number of hydrogen-bond acceptors (Lipinski definition) is 1. The third-order valence-corrected chi connectivity index (χ3v) is 4.67. The first-order valence-electron chi connectivity index (χ1n) is 8.07. The lowest BCUT2D eigenvalue weighted by atomic mass is 9.86. The third kappa shape index (κ3) is 2.99. The molecule has 1 saturated carbocycles. The maximum atomic E-state index is 12.5. The number of carbonyl (C=O) groups is 1. The second-order valence-corrected chi connectivity index (χ2v) is 7.55. The number of ketones is 1. The van der Waals surface area contributed by atoms with Gasteiger partial charge >= 0.3 is 0 Å². The van der Waals surface area contributed by atoms with E-state index < -0.39 is 0 Å². The molecule has 0 bridgehead atoms. The molecule has 3 rings (SSSR count). The zero-order valence-electron chi connectivity index (χ0n) is 13.9. The zero-order chi connectivity index (χ0) is 15.9. The molecule has 1 aliphatic rings. The molecule has 2 atom stereocenters. The summed E-state index contributed by atoms with van der Waals surface area (Å²) < 4.78 is 0. The Morgan fingerprint density at radius 2 is 1.55 bits per heavy atom. The van der Waals surface area contributed by atoms with E-state index in [-0.39, 0.29) is 11.3 Å². The Kier molecular flexibility index (Phi) is 3.68. The van der Waals surface area contributed by atoms with Gasteiger partial charge in [0.25, 0.3) is 0 Å². The number of hydrogen-bond donors (Lipinski definition) is 0. The van der Waals surface area contributed by atoms with Gasteiger partial charge in [0.05, 0.1) is 0 Å². The zero-order valence-corrected chi connectivity index (χ0v) is 13.9. The van der Waals surface area contributed by atoms with Gasteiger partial charge in [0, 0.05) is 11.5 Å². The van der Waals surface area contributed by atoms with E-state index in [0.717, 1.165) is 12.0 Å². The summed E-state index contributed by atoms with van der Waals surface area (Å²) in [6, 6.07) is 16.8. The molecule has 1 heteroatoms. The average molecular weight is 292 g/mol. The highest BCUT2D eigenvalue weighted by molar-refractivity contribution is 6.00. The predicted octanol–water partition coefficient (Wildman–Crippen LogP) is 5.28. The molecular weight excluding hydrogens is 268 g/mol. The molecule has 0 spiro atoms. The smallest absolute Gasteiger partial charge is 0.166 e. The molecule has 2 unspecified atom stereocenters. The topological polar surface area (TPSA) is 17.1 Å². The Balaban J connectivity index is 1.71. The summed E-state index contributed by atoms with van der Waals surface area (Å²) >= 11 is 0. The van der Waals surface area contributed by atoms with Crippen LogP contribution in [-0.4, -0.2) is 5.78 Å². The van der Waals surface area contributed by atoms with Crippen LogP contribution in [0.25, 0.3) is 0 Å². The van der Waals surface area contributed by atoms with Crippen LogP contribution in [0.3, 0.4) is 0 Å². The highest BCUT2D eigenvalue weighted by Crippen LogP contribution is 2.49. The summed E-state index contributed by atoms with van der Waals surface area (Å²) in [6.45, 7) is 8.72. The van der Waals surface area contributed by atoms with Gasteiger partial charge in [-0.3, -0.25) is 4.79 Å². The second kappa shape index (κ2) is 5.39. The molecule has 2 aromatic rings. The lowest BCUT2D eigenvalue weighted by molar-refractivity contribution is 0.0965. The standard InChI is InChI=1S/C21H24O/c1-14-5-7-16(8-6-14)20(22)19-13-18(19)15-9-11-17(12-10-15)21(2,3)4/h5-12,18-19H,13H2,1-4H3. The van der Waals surface area contributed by atoms with Crippen LogP contribution in [0.4, 0.5) is 0 Å². The van der Waals surface area contributed by atoms with Gasteiger partial charge in [0.15, 0.2) is 5.78 Å². The van der Waals surface area contributed by atoms with Gasteiger partial charge in [-0.25, -0.2) is 0 Å². The van der Waals surface area contributed by atoms with E-state index in [1.165, 1.54) is 16.7 Å². The first-order chi connectivity index (χ1) is 10.4. The van der Waals surface area contributed by atoms with Crippen LogP contribution in [0, 0.1) is 12.8 Å². The number of aryl methyl sites for hydroxylation is 1. The molecule has 0 amide bonds. The highest BCUT2D eigenvalue weighted by atomic mass is 16.1. The molecule has 0 aromatic heterocycles. The molecule has 1 nitrogen and oxygen atoms in total. The van der Waals surface area contributed by atoms with Gasteiger partial charge in [-0.05, 0) is 35.8 Å². The number of carbonyl (C=O) groups excluding carboxylic acids is 1. The molecule has 1 fully saturated rings. The van der Waals surface area contributed by atoms with Gasteiger partial charge in [-0.15, -0.1) is 0 Å². The van der Waals surface area contributed by atoms with Crippen LogP contribution in [-0.2, 0) is 5.41 Å². The minimum absolute atomic E-state index is 0.170. The van der Waals surface area contributed by atoms with Crippen molar-refractivity contribution < 1.29 is 4.79 Å². The highest BCUT2D eigenvalue weighted by Gasteiger charge is 2.43. The van der Waals surface area contributed by atoms with Crippen LogP contribution in [0.1, 0.15) is 60.2 Å². The number of benzene rings is 2. The van der Waals surface area contributed by atoms with Gasteiger partial charge < -0.3 is 0 Å². The molecule has 1 aliphatic carbocycles. The van der Waals surface area contributed by atoms with Gasteiger partial charge in [0.1, 0.15) is 0 Å². The largest absolute Gasteiger partial charge is 0.294 e. The van der Waals surface area contributed by atoms with Crippen LogP contribution < -0.4 is 0 Å². The van der Waals surface area contributed by atoms with E-state index in [9.17, 15) is 4.79 Å². The number of Topliss-reactive ketones (excluding diaryl/α,β-unsaturated/α-hetero) is 1. The molecule has 0 aliphatic heterocycles. The fraction of sp³-hybridized carbons (Fsp3) is 0.381. The van der Waals surface area contributed by atoms with Crippen LogP contribution in [0.5, 0.6) is 0 Å². The van der Waals surface area contributed by atoms with Crippen molar-refractivity contribution in [3.63, 3.8) is 0 Å². The van der Waals surface area contributed by atoms with Crippen LogP contribution in [0.15, 0.2) is 48.5 Å². The van der Waals surface area contributed by atoms with E-state index in [2.05, 4.69) is 45.0 Å². The molecule has 114 valence electrons. The van der Waals surface area contributed by atoms with Crippen molar-refractivity contribution in [1.29, 1.82) is 0 Å². The van der Waals surface area contributed by atoms with Crippen LogP contribution in [0.2, 0.25) is 0 Å². The molecule has 2 aromatic carbocycles. The van der Waals surface area contributed by atoms with Crippen molar-refractivity contribution >= 4 is 5.78 Å². The second-order valence-electron chi connectivity index (χ2n) is 7.55. The van der Waals surface area contributed by atoms with E-state index in [4.69, 9.17) is 0 Å². The van der Waals surface area contributed by atoms with E-state index in [0.29, 0.717) is 11.7 Å². The fourth-order valence-corrected chi connectivity index (χ4v) is 3.02. The van der Waals surface area contributed by atoms with E-state index in [1.807, 2.05) is 31.2 Å². The SMILES string of the molecule is Cc1ccc(C(=O)C2CC2c2ccc(C(C)(C)C)cc2)cc1. The average Bonchev–Trinajstić information content (AvgIpc) is 3.27. The molecule has 0 radical (unpaired) electrons. The maximum Gasteiger partial charge on any atom is 0.166 e. The lowest BCUT2D eigenvalue weighted by Crippen LogP contribution is -2.10. The Hall–Kier alpha value is -1.89. The normalized spacial score (nSPS) is 20.7. The van der Waals surface area contributed by atoms with Crippen molar-refractivity contribution in [2.45, 2.75) is 45.4 Å². The summed E-state index contributed by atoms with van der Waals surface area (Å²) in [5.74, 6) is 0.871. The predicted molar refractivity (Wildman–Crippen MR) is 91.5 cm³/mol. The molecule has 0 saturated heterocycles. The minimum atomic E-state index is 0.170. The van der Waals surface area contributed by atoms with E-state index in [1.54, 1.807) is 0 Å². The van der Waals surface area contributed by atoms with Crippen LogP contribution >= 0.6 is 0 Å². The monoisotopic (exact) mass is 292 g/mol. The molecule has 0 heterocycles. The van der Waals surface area contributed by atoms with Crippen molar-refractivity contribution in [1.82, 2.24) is 0 Å². The van der Waals surface area contributed by atoms with Crippen molar-refractivity contribution in [3.8, 4) is 0 Å². The maximum absolute atomic E-state index is 12.5. The van der Waals surface area contributed by atoms with Gasteiger partial charge in [0.2, 0.25) is 0 Å². The Labute approximate surface area is 133 Å². The number of rotatable bonds is 3. The fourth-order valence-electron chi connectivity index (χ4n) is 3.02. The summed E-state index contributed by atoms with van der Waals surface area (Å²) in [5.41, 5.74) is 4.88. The van der Waals surface area contributed by atoms with Crippen molar-refractivity contribution in [2.24, 2.45) is 5.92 Å². The first-order valence-corrected chi connectivity index (χ1v) is 8.07. The van der Waals surface area contributed by atoms with Crippen molar-refractivity contribution in [2.75, 3.05) is 0 Å². The molecule has 0 N–H and O–H groups in total.